The van der Waals surface area contributed by atoms with Crippen molar-refractivity contribution in [2.45, 2.75) is 44.4 Å². The molecule has 0 bridgehead atoms. The second-order valence-corrected chi connectivity index (χ2v) is 6.83. The lowest BCUT2D eigenvalue weighted by atomic mass is 10.1. The molecule has 0 spiro atoms. The van der Waals surface area contributed by atoms with Crippen LogP contribution in [0.5, 0.6) is 0 Å². The first-order valence-electron chi connectivity index (χ1n) is 8.43. The first-order valence-corrected chi connectivity index (χ1v) is 8.95. The van der Waals surface area contributed by atoms with Crippen molar-refractivity contribution in [1.29, 1.82) is 0 Å². The zero-order valence-electron chi connectivity index (χ0n) is 14.7. The lowest BCUT2D eigenvalue weighted by molar-refractivity contribution is -0.121. The number of aliphatic hydroxyl groups is 2. The van der Waals surface area contributed by atoms with Crippen molar-refractivity contribution >= 4 is 18.5 Å². The maximum Gasteiger partial charge on any atom is 0.220 e. The van der Waals surface area contributed by atoms with E-state index in [-0.39, 0.29) is 25.2 Å². The van der Waals surface area contributed by atoms with Gasteiger partial charge in [0.2, 0.25) is 5.91 Å². The van der Waals surface area contributed by atoms with Crippen LogP contribution in [0, 0.1) is 0 Å². The van der Waals surface area contributed by atoms with Gasteiger partial charge in [-0.05, 0) is 23.7 Å². The highest BCUT2D eigenvalue weighted by molar-refractivity contribution is 7.80. The van der Waals surface area contributed by atoms with Crippen molar-refractivity contribution in [3.8, 4) is 0 Å². The molecule has 1 aromatic rings. The number of benzene rings is 1. The van der Waals surface area contributed by atoms with Crippen molar-refractivity contribution in [2.24, 2.45) is 0 Å². The summed E-state index contributed by atoms with van der Waals surface area (Å²) in [5.41, 5.74) is 1.25. The number of carbonyl (C=O) groups is 1. The van der Waals surface area contributed by atoms with Gasteiger partial charge in [-0.25, -0.2) is 0 Å². The van der Waals surface area contributed by atoms with E-state index < -0.39 is 0 Å². The minimum Gasteiger partial charge on any atom is -0.395 e. The summed E-state index contributed by atoms with van der Waals surface area (Å²) in [5.74, 6) is 0.0345. The fourth-order valence-corrected chi connectivity index (χ4v) is 1.85. The van der Waals surface area contributed by atoms with Crippen LogP contribution >= 0.6 is 12.6 Å². The molecule has 0 aromatic heterocycles. The number of hydrogen-bond donors (Lipinski definition) is 5. The van der Waals surface area contributed by atoms with Crippen LogP contribution in [-0.4, -0.2) is 53.7 Å². The molecular weight excluding hydrogens is 324 g/mol. The molecule has 1 aromatic carbocycles. The van der Waals surface area contributed by atoms with Crippen LogP contribution in [0.1, 0.15) is 32.3 Å². The van der Waals surface area contributed by atoms with E-state index in [0.29, 0.717) is 24.8 Å². The Morgan fingerprint density at radius 1 is 1.12 bits per heavy atom. The Morgan fingerprint density at radius 2 is 1.71 bits per heavy atom. The number of hydrogen-bond acceptors (Lipinski definition) is 5. The van der Waals surface area contributed by atoms with Crippen LogP contribution in [0.2, 0.25) is 0 Å². The third kappa shape index (κ3) is 14.5. The lowest BCUT2D eigenvalue weighted by Crippen LogP contribution is -2.40. The SMILES string of the molecule is CC(C)S.O=C(CCCc1ccccc1)NCCNC(CO)CO. The molecule has 0 aliphatic heterocycles. The van der Waals surface area contributed by atoms with Crippen molar-refractivity contribution in [2.75, 3.05) is 26.3 Å². The number of thiol groups is 1. The largest absolute Gasteiger partial charge is 0.395 e. The Labute approximate surface area is 151 Å². The van der Waals surface area contributed by atoms with Gasteiger partial charge in [-0.3, -0.25) is 4.79 Å². The van der Waals surface area contributed by atoms with Gasteiger partial charge in [0.15, 0.2) is 0 Å². The maximum atomic E-state index is 11.6. The predicted octanol–water partition coefficient (Wildman–Crippen LogP) is 1.39. The van der Waals surface area contributed by atoms with Gasteiger partial charge in [0.05, 0.1) is 19.3 Å². The Bertz CT molecular complexity index is 409. The number of carbonyl (C=O) groups excluding carboxylic acids is 1. The average molecular weight is 357 g/mol. The number of rotatable bonds is 10. The molecule has 0 fully saturated rings. The van der Waals surface area contributed by atoms with E-state index in [0.717, 1.165) is 12.8 Å². The third-order valence-corrected chi connectivity index (χ3v) is 3.03. The van der Waals surface area contributed by atoms with Crippen LogP contribution in [0.25, 0.3) is 0 Å². The first kappa shape index (κ1) is 22.9. The standard InChI is InChI=1S/C15H24N2O3.C3H8S/c18-11-14(12-19)16-9-10-17-15(20)8-4-7-13-5-2-1-3-6-13;1-3(2)4/h1-3,5-6,14,16,18-19H,4,7-12H2,(H,17,20);3-4H,1-2H3. The summed E-state index contributed by atoms with van der Waals surface area (Å²) in [6, 6.07) is 9.79. The Balaban J connectivity index is 0.00000118. The van der Waals surface area contributed by atoms with Gasteiger partial charge >= 0.3 is 0 Å². The molecule has 24 heavy (non-hydrogen) atoms. The minimum atomic E-state index is -0.315. The summed E-state index contributed by atoms with van der Waals surface area (Å²) in [6.45, 7) is 4.88. The molecule has 5 nitrogen and oxygen atoms in total. The highest BCUT2D eigenvalue weighted by atomic mass is 32.1. The smallest absolute Gasteiger partial charge is 0.220 e. The van der Waals surface area contributed by atoms with E-state index in [9.17, 15) is 4.79 Å². The monoisotopic (exact) mass is 356 g/mol. The van der Waals surface area contributed by atoms with Crippen LogP contribution in [0.15, 0.2) is 30.3 Å². The lowest BCUT2D eigenvalue weighted by Gasteiger charge is -2.13. The van der Waals surface area contributed by atoms with Crippen LogP contribution in [-0.2, 0) is 11.2 Å². The van der Waals surface area contributed by atoms with Crippen molar-refractivity contribution in [1.82, 2.24) is 10.6 Å². The first-order chi connectivity index (χ1) is 11.5. The summed E-state index contributed by atoms with van der Waals surface area (Å²) in [7, 11) is 0. The van der Waals surface area contributed by atoms with Crippen LogP contribution in [0.4, 0.5) is 0 Å². The van der Waals surface area contributed by atoms with Crippen LogP contribution < -0.4 is 10.6 Å². The van der Waals surface area contributed by atoms with Gasteiger partial charge in [-0.2, -0.15) is 12.6 Å². The molecule has 0 aliphatic rings. The van der Waals surface area contributed by atoms with Gasteiger partial charge in [0.1, 0.15) is 0 Å². The van der Waals surface area contributed by atoms with E-state index in [1.165, 1.54) is 5.56 Å². The zero-order chi connectivity index (χ0) is 18.2. The summed E-state index contributed by atoms with van der Waals surface area (Å²) in [6.07, 6.45) is 2.25. The molecule has 138 valence electrons. The fraction of sp³-hybridized carbons (Fsp3) is 0.611. The quantitative estimate of drug-likeness (QED) is 0.324. The molecule has 1 amide bonds. The Morgan fingerprint density at radius 3 is 2.25 bits per heavy atom. The van der Waals surface area contributed by atoms with E-state index in [1.54, 1.807) is 0 Å². The summed E-state index contributed by atoms with van der Waals surface area (Å²) >= 11 is 3.97. The predicted molar refractivity (Wildman–Crippen MR) is 102 cm³/mol. The zero-order valence-corrected chi connectivity index (χ0v) is 15.6. The summed E-state index contributed by atoms with van der Waals surface area (Å²) in [4.78, 5) is 11.6. The molecule has 4 N–H and O–H groups in total. The van der Waals surface area contributed by atoms with Gasteiger partial charge in [0, 0.05) is 19.5 Å². The van der Waals surface area contributed by atoms with Crippen molar-refractivity contribution < 1.29 is 15.0 Å². The number of amides is 1. The molecule has 0 unspecified atom stereocenters. The molecular formula is C18H32N2O3S. The van der Waals surface area contributed by atoms with E-state index in [2.05, 4.69) is 35.4 Å². The minimum absolute atomic E-state index is 0.0345. The molecule has 0 saturated heterocycles. The molecule has 0 saturated carbocycles. The van der Waals surface area contributed by atoms with Crippen LogP contribution in [0.3, 0.4) is 0 Å². The number of aliphatic hydroxyl groups excluding tert-OH is 2. The molecule has 0 aliphatic carbocycles. The summed E-state index contributed by atoms with van der Waals surface area (Å²) in [5, 5.41) is 24.0. The van der Waals surface area contributed by atoms with Crippen molar-refractivity contribution in [3.63, 3.8) is 0 Å². The van der Waals surface area contributed by atoms with E-state index in [4.69, 9.17) is 10.2 Å². The molecule has 0 atom stereocenters. The van der Waals surface area contributed by atoms with Gasteiger partial charge in [-0.1, -0.05) is 44.2 Å². The van der Waals surface area contributed by atoms with E-state index >= 15 is 0 Å². The van der Waals surface area contributed by atoms with Gasteiger partial charge < -0.3 is 20.8 Å². The third-order valence-electron chi connectivity index (χ3n) is 3.03. The average Bonchev–Trinajstić information content (AvgIpc) is 2.55. The normalized spacial score (nSPS) is 10.5. The van der Waals surface area contributed by atoms with E-state index in [1.807, 2.05) is 32.0 Å². The Hall–Kier alpha value is -1.08. The number of aryl methyl sites for hydroxylation is 1. The molecule has 0 heterocycles. The highest BCUT2D eigenvalue weighted by Crippen LogP contribution is 2.04. The second-order valence-electron chi connectivity index (χ2n) is 5.80. The maximum absolute atomic E-state index is 11.6. The van der Waals surface area contributed by atoms with Gasteiger partial charge in [0.25, 0.3) is 0 Å². The second kappa shape index (κ2) is 15.4. The van der Waals surface area contributed by atoms with Gasteiger partial charge in [-0.15, -0.1) is 0 Å². The van der Waals surface area contributed by atoms with Crippen molar-refractivity contribution in [3.05, 3.63) is 35.9 Å². The molecule has 1 rings (SSSR count). The Kier molecular flexibility index (Phi) is 14.8. The number of nitrogens with one attached hydrogen (secondary N) is 2. The topological polar surface area (TPSA) is 81.6 Å². The molecule has 0 radical (unpaired) electrons. The fourth-order valence-electron chi connectivity index (χ4n) is 1.85. The highest BCUT2D eigenvalue weighted by Gasteiger charge is 2.04. The summed E-state index contributed by atoms with van der Waals surface area (Å²) < 4.78 is 0. The molecule has 6 heteroatoms.